The van der Waals surface area contributed by atoms with Crippen molar-refractivity contribution in [1.29, 1.82) is 0 Å². The lowest BCUT2D eigenvalue weighted by Gasteiger charge is -2.30. The summed E-state index contributed by atoms with van der Waals surface area (Å²) < 4.78 is 5.40. The van der Waals surface area contributed by atoms with Crippen molar-refractivity contribution in [2.45, 2.75) is 11.4 Å². The van der Waals surface area contributed by atoms with Gasteiger partial charge in [0, 0.05) is 37.3 Å². The van der Waals surface area contributed by atoms with E-state index >= 15 is 0 Å². The third-order valence-corrected chi connectivity index (χ3v) is 6.31. The molecule has 2 aliphatic heterocycles. The molecule has 2 aromatic carbocycles. The number of amides is 2. The van der Waals surface area contributed by atoms with Crippen LogP contribution in [0, 0.1) is 0 Å². The van der Waals surface area contributed by atoms with Crippen molar-refractivity contribution in [3.8, 4) is 0 Å². The Bertz CT molecular complexity index is 881. The van der Waals surface area contributed by atoms with Crippen molar-refractivity contribution in [1.82, 2.24) is 4.90 Å². The first-order valence-electron chi connectivity index (χ1n) is 9.79. The normalized spacial score (nSPS) is 16.5. The predicted molar refractivity (Wildman–Crippen MR) is 115 cm³/mol. The number of carbonyl (C=O) groups excluding carboxylic acids is 2. The van der Waals surface area contributed by atoms with Gasteiger partial charge in [0.05, 0.1) is 24.7 Å². The fraction of sp³-hybridized carbons (Fsp3) is 0.364. The molecule has 0 N–H and O–H groups in total. The SMILES string of the molecule is CN(Cc1ccc(N2CCOCC2)cc1)C(=O)CN1C(=O)CSc2ccccc21. The Morgan fingerprint density at radius 1 is 1.10 bits per heavy atom. The minimum Gasteiger partial charge on any atom is -0.378 e. The van der Waals surface area contributed by atoms with Crippen LogP contribution in [0.25, 0.3) is 0 Å². The molecule has 4 rings (SSSR count). The number of likely N-dealkylation sites (N-methyl/N-ethyl adjacent to an activating group) is 1. The van der Waals surface area contributed by atoms with Crippen molar-refractivity contribution in [3.05, 3.63) is 54.1 Å². The smallest absolute Gasteiger partial charge is 0.242 e. The van der Waals surface area contributed by atoms with Gasteiger partial charge in [-0.15, -0.1) is 11.8 Å². The lowest BCUT2D eigenvalue weighted by atomic mass is 10.1. The summed E-state index contributed by atoms with van der Waals surface area (Å²) >= 11 is 1.52. The summed E-state index contributed by atoms with van der Waals surface area (Å²) in [4.78, 5) is 31.8. The first-order valence-corrected chi connectivity index (χ1v) is 10.8. The summed E-state index contributed by atoms with van der Waals surface area (Å²) in [5.74, 6) is 0.277. The molecule has 2 amide bonds. The van der Waals surface area contributed by atoms with E-state index < -0.39 is 0 Å². The molecule has 0 saturated carbocycles. The first kappa shape index (κ1) is 19.8. The molecule has 0 atom stereocenters. The van der Waals surface area contributed by atoms with Crippen LogP contribution in [0.5, 0.6) is 0 Å². The second-order valence-electron chi connectivity index (χ2n) is 7.25. The summed E-state index contributed by atoms with van der Waals surface area (Å²) in [6, 6.07) is 16.1. The van der Waals surface area contributed by atoms with E-state index in [1.807, 2.05) is 24.3 Å². The van der Waals surface area contributed by atoms with Crippen LogP contribution in [0.4, 0.5) is 11.4 Å². The van der Waals surface area contributed by atoms with Gasteiger partial charge in [-0.2, -0.15) is 0 Å². The lowest BCUT2D eigenvalue weighted by molar-refractivity contribution is -0.130. The molecule has 0 bridgehead atoms. The topological polar surface area (TPSA) is 53.1 Å². The highest BCUT2D eigenvalue weighted by Gasteiger charge is 2.27. The third-order valence-electron chi connectivity index (χ3n) is 5.26. The van der Waals surface area contributed by atoms with E-state index in [1.54, 1.807) is 16.8 Å². The Morgan fingerprint density at radius 3 is 2.59 bits per heavy atom. The number of carbonyl (C=O) groups is 2. The number of morpholine rings is 1. The Morgan fingerprint density at radius 2 is 1.83 bits per heavy atom. The zero-order valence-corrected chi connectivity index (χ0v) is 17.4. The number of hydrogen-bond acceptors (Lipinski definition) is 5. The number of rotatable bonds is 5. The van der Waals surface area contributed by atoms with Gasteiger partial charge in [-0.1, -0.05) is 24.3 Å². The average molecular weight is 412 g/mol. The highest BCUT2D eigenvalue weighted by atomic mass is 32.2. The zero-order valence-electron chi connectivity index (χ0n) is 16.5. The van der Waals surface area contributed by atoms with E-state index in [0.29, 0.717) is 12.3 Å². The van der Waals surface area contributed by atoms with E-state index in [0.717, 1.165) is 42.4 Å². The predicted octanol–water partition coefficient (Wildman–Crippen LogP) is 2.62. The minimum atomic E-state index is -0.0719. The highest BCUT2D eigenvalue weighted by molar-refractivity contribution is 8.00. The molecule has 152 valence electrons. The Hall–Kier alpha value is -2.51. The maximum absolute atomic E-state index is 12.8. The molecule has 1 saturated heterocycles. The largest absolute Gasteiger partial charge is 0.378 e. The van der Waals surface area contributed by atoms with Gasteiger partial charge in [-0.05, 0) is 29.8 Å². The third kappa shape index (κ3) is 4.57. The quantitative estimate of drug-likeness (QED) is 0.757. The van der Waals surface area contributed by atoms with Gasteiger partial charge in [0.1, 0.15) is 6.54 Å². The fourth-order valence-corrected chi connectivity index (χ4v) is 4.51. The van der Waals surface area contributed by atoms with Gasteiger partial charge >= 0.3 is 0 Å². The van der Waals surface area contributed by atoms with E-state index in [2.05, 4.69) is 29.2 Å². The van der Waals surface area contributed by atoms with Crippen LogP contribution in [0.1, 0.15) is 5.56 Å². The standard InChI is InChI=1S/C22H25N3O3S/c1-23(14-17-6-8-18(9-7-17)24-10-12-28-13-11-24)21(26)15-25-19-4-2-3-5-20(19)29-16-22(25)27/h2-9H,10-16H2,1H3. The van der Waals surface area contributed by atoms with Gasteiger partial charge in [-0.3, -0.25) is 9.59 Å². The molecule has 1 fully saturated rings. The maximum atomic E-state index is 12.8. The molecule has 6 nitrogen and oxygen atoms in total. The number of hydrogen-bond donors (Lipinski definition) is 0. The second-order valence-corrected chi connectivity index (χ2v) is 8.27. The molecule has 0 aromatic heterocycles. The van der Waals surface area contributed by atoms with Crippen LogP contribution in [0.15, 0.2) is 53.4 Å². The number of nitrogens with zero attached hydrogens (tertiary/aromatic N) is 3. The van der Waals surface area contributed by atoms with Crippen LogP contribution in [0.2, 0.25) is 0 Å². The van der Waals surface area contributed by atoms with Gasteiger partial charge < -0.3 is 19.4 Å². The lowest BCUT2D eigenvalue weighted by Crippen LogP contribution is -2.43. The summed E-state index contributed by atoms with van der Waals surface area (Å²) in [6.07, 6.45) is 0. The van der Waals surface area contributed by atoms with E-state index in [9.17, 15) is 9.59 Å². The summed E-state index contributed by atoms with van der Waals surface area (Å²) in [5.41, 5.74) is 3.07. The summed E-state index contributed by atoms with van der Waals surface area (Å²) in [6.45, 7) is 3.91. The van der Waals surface area contributed by atoms with Crippen molar-refractivity contribution < 1.29 is 14.3 Å². The monoisotopic (exact) mass is 411 g/mol. The van der Waals surface area contributed by atoms with E-state index in [1.165, 1.54) is 17.4 Å². The van der Waals surface area contributed by atoms with Crippen LogP contribution >= 0.6 is 11.8 Å². The maximum Gasteiger partial charge on any atom is 0.242 e. The van der Waals surface area contributed by atoms with Crippen molar-refractivity contribution in [3.63, 3.8) is 0 Å². The molecule has 0 radical (unpaired) electrons. The number of anilines is 2. The van der Waals surface area contributed by atoms with E-state index in [-0.39, 0.29) is 18.4 Å². The zero-order chi connectivity index (χ0) is 20.2. The van der Waals surface area contributed by atoms with Crippen molar-refractivity contribution in [2.75, 3.05) is 55.4 Å². The molecule has 2 aliphatic rings. The Balaban J connectivity index is 1.38. The van der Waals surface area contributed by atoms with E-state index in [4.69, 9.17) is 4.74 Å². The Kier molecular flexibility index (Phi) is 6.06. The summed E-state index contributed by atoms with van der Waals surface area (Å²) in [5, 5.41) is 0. The number of ether oxygens (including phenoxy) is 1. The average Bonchev–Trinajstić information content (AvgIpc) is 2.77. The molecule has 2 heterocycles. The second kappa shape index (κ2) is 8.88. The number of thioether (sulfide) groups is 1. The van der Waals surface area contributed by atoms with Crippen LogP contribution < -0.4 is 9.80 Å². The summed E-state index contributed by atoms with van der Waals surface area (Å²) in [7, 11) is 1.79. The van der Waals surface area contributed by atoms with Crippen LogP contribution in [0.3, 0.4) is 0 Å². The minimum absolute atomic E-state index is 0.0229. The molecule has 7 heteroatoms. The molecule has 2 aromatic rings. The van der Waals surface area contributed by atoms with Crippen LogP contribution in [-0.2, 0) is 20.9 Å². The van der Waals surface area contributed by atoms with Gasteiger partial charge in [0.15, 0.2) is 0 Å². The Labute approximate surface area is 175 Å². The first-order chi connectivity index (χ1) is 14.1. The molecular weight excluding hydrogens is 386 g/mol. The van der Waals surface area contributed by atoms with Crippen molar-refractivity contribution >= 4 is 35.0 Å². The molecular formula is C22H25N3O3S. The fourth-order valence-electron chi connectivity index (χ4n) is 3.58. The molecule has 0 spiro atoms. The molecule has 0 unspecified atom stereocenters. The number of benzene rings is 2. The van der Waals surface area contributed by atoms with Crippen LogP contribution in [-0.4, -0.2) is 62.4 Å². The molecule has 0 aliphatic carbocycles. The highest BCUT2D eigenvalue weighted by Crippen LogP contribution is 2.34. The molecule has 29 heavy (non-hydrogen) atoms. The van der Waals surface area contributed by atoms with Gasteiger partial charge in [0.2, 0.25) is 11.8 Å². The number of fused-ring (bicyclic) bond motifs is 1. The van der Waals surface area contributed by atoms with Gasteiger partial charge in [-0.25, -0.2) is 0 Å². The number of para-hydroxylation sites is 1. The van der Waals surface area contributed by atoms with Gasteiger partial charge in [0.25, 0.3) is 0 Å². The van der Waals surface area contributed by atoms with Crippen molar-refractivity contribution in [2.24, 2.45) is 0 Å².